The molecule has 1 amide bonds. The first-order valence-electron chi connectivity index (χ1n) is 10.6. The smallest absolute Gasteiger partial charge is 0.318 e. The number of carboxylic acid groups (broad SMARTS) is 1. The zero-order valence-corrected chi connectivity index (χ0v) is 19.2. The molecule has 1 aliphatic carbocycles. The lowest BCUT2D eigenvalue weighted by molar-refractivity contribution is -0.387. The Labute approximate surface area is 187 Å². The zero-order valence-electron chi connectivity index (χ0n) is 18.4. The number of nitro groups is 1. The highest BCUT2D eigenvalue weighted by Crippen LogP contribution is 2.51. The molecular formula is C21H29N3O7S. The highest BCUT2D eigenvalue weighted by Gasteiger charge is 2.51. The van der Waals surface area contributed by atoms with Crippen LogP contribution in [-0.2, 0) is 19.6 Å². The van der Waals surface area contributed by atoms with Crippen LogP contribution in [0.5, 0.6) is 0 Å². The Morgan fingerprint density at radius 2 is 1.81 bits per heavy atom. The van der Waals surface area contributed by atoms with Crippen molar-refractivity contribution in [2.24, 2.45) is 17.3 Å². The third-order valence-electron chi connectivity index (χ3n) is 6.34. The van der Waals surface area contributed by atoms with Crippen molar-refractivity contribution in [3.8, 4) is 0 Å². The van der Waals surface area contributed by atoms with Crippen LogP contribution in [0.2, 0.25) is 0 Å². The molecule has 0 radical (unpaired) electrons. The summed E-state index contributed by atoms with van der Waals surface area (Å²) in [6, 6.07) is 4.24. The molecule has 3 rings (SSSR count). The lowest BCUT2D eigenvalue weighted by Crippen LogP contribution is -2.50. The summed E-state index contributed by atoms with van der Waals surface area (Å²) in [6.07, 6.45) is 1.39. The van der Waals surface area contributed by atoms with Gasteiger partial charge < -0.3 is 10.0 Å². The maximum absolute atomic E-state index is 13.3. The van der Waals surface area contributed by atoms with Gasteiger partial charge in [-0.3, -0.25) is 19.7 Å². The van der Waals surface area contributed by atoms with Crippen molar-refractivity contribution in [1.29, 1.82) is 0 Å². The Morgan fingerprint density at radius 3 is 2.31 bits per heavy atom. The molecule has 2 atom stereocenters. The third kappa shape index (κ3) is 4.93. The zero-order chi connectivity index (χ0) is 23.8. The van der Waals surface area contributed by atoms with Crippen LogP contribution in [0.25, 0.3) is 0 Å². The van der Waals surface area contributed by atoms with Crippen LogP contribution < -0.4 is 0 Å². The number of nitro benzene ring substituents is 1. The molecule has 0 spiro atoms. The van der Waals surface area contributed by atoms with Gasteiger partial charge in [0, 0.05) is 31.1 Å². The molecule has 0 aromatic heterocycles. The maximum atomic E-state index is 13.3. The lowest BCUT2D eigenvalue weighted by atomic mass is 9.88. The van der Waals surface area contributed by atoms with Gasteiger partial charge in [-0.2, -0.15) is 4.31 Å². The van der Waals surface area contributed by atoms with E-state index in [9.17, 15) is 33.2 Å². The highest BCUT2D eigenvalue weighted by molar-refractivity contribution is 7.89. The molecule has 11 heteroatoms. The average Bonchev–Trinajstić information content (AvgIpc) is 3.53. The van der Waals surface area contributed by atoms with Gasteiger partial charge in [-0.25, -0.2) is 8.42 Å². The van der Waals surface area contributed by atoms with Crippen LogP contribution in [0.15, 0.2) is 29.2 Å². The molecular weight excluding hydrogens is 438 g/mol. The van der Waals surface area contributed by atoms with Gasteiger partial charge >= 0.3 is 5.97 Å². The molecule has 2 unspecified atom stereocenters. The fourth-order valence-corrected chi connectivity index (χ4v) is 6.32. The molecule has 1 aliphatic heterocycles. The number of rotatable bonds is 7. The van der Waals surface area contributed by atoms with Crippen LogP contribution >= 0.6 is 0 Å². The van der Waals surface area contributed by atoms with E-state index in [0.717, 1.165) is 22.9 Å². The number of carbonyl (C=O) groups excluding carboxylic acids is 1. The first kappa shape index (κ1) is 24.1. The minimum Gasteiger partial charge on any atom is -0.480 e. The Hall–Kier alpha value is -2.53. The molecule has 1 N–H and O–H groups in total. The van der Waals surface area contributed by atoms with Crippen LogP contribution in [0, 0.1) is 27.4 Å². The number of hydrogen-bond acceptors (Lipinski definition) is 6. The van der Waals surface area contributed by atoms with Gasteiger partial charge in [0.15, 0.2) is 4.90 Å². The predicted octanol–water partition coefficient (Wildman–Crippen LogP) is 2.34. The molecule has 0 bridgehead atoms. The second-order valence-corrected chi connectivity index (χ2v) is 11.4. The molecule has 10 nitrogen and oxygen atoms in total. The third-order valence-corrected chi connectivity index (χ3v) is 8.29. The molecule has 1 saturated carbocycles. The number of carbonyl (C=O) groups is 2. The number of para-hydroxylation sites is 1. The van der Waals surface area contributed by atoms with Gasteiger partial charge in [-0.15, -0.1) is 0 Å². The van der Waals surface area contributed by atoms with E-state index in [2.05, 4.69) is 20.8 Å². The second kappa shape index (κ2) is 8.78. The summed E-state index contributed by atoms with van der Waals surface area (Å²) >= 11 is 0. The molecule has 1 heterocycles. The first-order valence-corrected chi connectivity index (χ1v) is 12.0. The number of benzene rings is 1. The van der Waals surface area contributed by atoms with Crippen LogP contribution in [-0.4, -0.2) is 65.2 Å². The van der Waals surface area contributed by atoms with Crippen molar-refractivity contribution in [2.45, 2.75) is 51.0 Å². The minimum absolute atomic E-state index is 0.0163. The van der Waals surface area contributed by atoms with Crippen molar-refractivity contribution in [3.05, 3.63) is 34.4 Å². The summed E-state index contributed by atoms with van der Waals surface area (Å²) in [5.74, 6) is -0.973. The van der Waals surface area contributed by atoms with Crippen molar-refractivity contribution in [1.82, 2.24) is 9.21 Å². The monoisotopic (exact) mass is 467 g/mol. The van der Waals surface area contributed by atoms with Gasteiger partial charge in [-0.05, 0) is 36.7 Å². The number of carboxylic acids is 1. The number of aliphatic carboxylic acids is 1. The average molecular weight is 468 g/mol. The lowest BCUT2D eigenvalue weighted by Gasteiger charge is -2.37. The molecule has 1 aromatic rings. The van der Waals surface area contributed by atoms with Crippen LogP contribution in [0.1, 0.15) is 40.0 Å². The second-order valence-electron chi connectivity index (χ2n) is 9.54. The number of sulfonamides is 1. The summed E-state index contributed by atoms with van der Waals surface area (Å²) in [5.41, 5.74) is -0.549. The van der Waals surface area contributed by atoms with Crippen LogP contribution in [0.4, 0.5) is 5.69 Å². The topological polar surface area (TPSA) is 138 Å². The SMILES string of the molecule is CC(C)(C)C1CC1C(=O)N1CCC(N(CC(=O)O)S(=O)(=O)c2ccccc2[N+](=O)[O-])CC1. The Balaban J connectivity index is 1.77. The van der Waals surface area contributed by atoms with Gasteiger partial charge in [0.05, 0.1) is 4.92 Å². The van der Waals surface area contributed by atoms with Gasteiger partial charge in [0.1, 0.15) is 6.54 Å². The van der Waals surface area contributed by atoms with Gasteiger partial charge in [0.2, 0.25) is 5.91 Å². The van der Waals surface area contributed by atoms with Crippen molar-refractivity contribution in [2.75, 3.05) is 19.6 Å². The molecule has 1 saturated heterocycles. The molecule has 2 fully saturated rings. The molecule has 2 aliphatic rings. The predicted molar refractivity (Wildman–Crippen MR) is 115 cm³/mol. The van der Waals surface area contributed by atoms with Gasteiger partial charge in [0.25, 0.3) is 15.7 Å². The number of nitrogens with zero attached hydrogens (tertiary/aromatic N) is 3. The molecule has 176 valence electrons. The van der Waals surface area contributed by atoms with E-state index in [1.165, 1.54) is 12.1 Å². The number of amides is 1. The Bertz CT molecular complexity index is 1010. The summed E-state index contributed by atoms with van der Waals surface area (Å²) in [7, 11) is -4.43. The normalized spacial score (nSPS) is 22.1. The molecule has 1 aromatic carbocycles. The van der Waals surface area contributed by atoms with Crippen molar-refractivity contribution < 1.29 is 28.0 Å². The van der Waals surface area contributed by atoms with Crippen molar-refractivity contribution >= 4 is 27.6 Å². The standard InChI is InChI=1S/C21H29N3O7S/c1-21(2,3)16-12-15(16)20(27)22-10-8-14(9-11-22)23(13-19(25)26)32(30,31)18-7-5-4-6-17(18)24(28)29/h4-7,14-16H,8-13H2,1-3H3,(H,25,26). The van der Waals surface area contributed by atoms with E-state index >= 15 is 0 Å². The summed E-state index contributed by atoms with van der Waals surface area (Å²) in [6.45, 7) is 6.15. The van der Waals surface area contributed by atoms with E-state index in [0.29, 0.717) is 19.0 Å². The maximum Gasteiger partial charge on any atom is 0.318 e. The largest absolute Gasteiger partial charge is 0.480 e. The van der Waals surface area contributed by atoms with Crippen molar-refractivity contribution in [3.63, 3.8) is 0 Å². The van der Waals surface area contributed by atoms with E-state index in [1.54, 1.807) is 4.90 Å². The minimum atomic E-state index is -4.43. The highest BCUT2D eigenvalue weighted by atomic mass is 32.2. The Kier molecular flexibility index (Phi) is 6.62. The van der Waals surface area contributed by atoms with E-state index in [4.69, 9.17) is 0 Å². The van der Waals surface area contributed by atoms with Crippen LogP contribution in [0.3, 0.4) is 0 Å². The molecule has 32 heavy (non-hydrogen) atoms. The van der Waals surface area contributed by atoms with E-state index in [-0.39, 0.29) is 30.1 Å². The number of likely N-dealkylation sites (tertiary alicyclic amines) is 1. The summed E-state index contributed by atoms with van der Waals surface area (Å²) in [5, 5.41) is 20.7. The van der Waals surface area contributed by atoms with Gasteiger partial charge in [-0.1, -0.05) is 32.9 Å². The first-order chi connectivity index (χ1) is 14.8. The Morgan fingerprint density at radius 1 is 1.22 bits per heavy atom. The van der Waals surface area contributed by atoms with E-state index in [1.807, 2.05) is 0 Å². The van der Waals surface area contributed by atoms with E-state index < -0.39 is 44.1 Å². The fraction of sp³-hybridized carbons (Fsp3) is 0.619. The quantitative estimate of drug-likeness (QED) is 0.480. The summed E-state index contributed by atoms with van der Waals surface area (Å²) < 4.78 is 27.3. The number of piperidine rings is 1. The number of hydrogen-bond donors (Lipinski definition) is 1. The summed E-state index contributed by atoms with van der Waals surface area (Å²) in [4.78, 5) is 36.0. The fourth-order valence-electron chi connectivity index (χ4n) is 4.53.